The zero-order valence-corrected chi connectivity index (χ0v) is 6.83. The first kappa shape index (κ1) is 8.58. The van der Waals surface area contributed by atoms with Gasteiger partial charge in [0, 0.05) is 12.1 Å². The van der Waals surface area contributed by atoms with Gasteiger partial charge in [0.2, 0.25) is 0 Å². The number of benzene rings is 1. The summed E-state index contributed by atoms with van der Waals surface area (Å²) in [4.78, 5) is 0. The van der Waals surface area contributed by atoms with Gasteiger partial charge in [-0.3, -0.25) is 0 Å². The lowest BCUT2D eigenvalue weighted by Gasteiger charge is -1.96. The topological polar surface area (TPSA) is 26.0 Å². The maximum Gasteiger partial charge on any atom is 0.0314 e. The molecule has 0 unspecified atom stereocenters. The van der Waals surface area contributed by atoms with Gasteiger partial charge in [-0.1, -0.05) is 36.3 Å². The molecule has 2 N–H and O–H groups in total. The first-order valence-electron chi connectivity index (χ1n) is 3.80. The number of terminal acetylenes is 1. The van der Waals surface area contributed by atoms with Crippen molar-refractivity contribution in [2.24, 2.45) is 5.73 Å². The molecule has 0 aliphatic rings. The fourth-order valence-corrected chi connectivity index (χ4v) is 0.969. The Hall–Kier alpha value is -1.52. The minimum atomic E-state index is 0.541. The molecule has 0 aliphatic carbocycles. The maximum absolute atomic E-state index is 5.33. The summed E-state index contributed by atoms with van der Waals surface area (Å²) in [5.41, 5.74) is 7.28. The van der Waals surface area contributed by atoms with Crippen molar-refractivity contribution >= 4 is 6.08 Å². The SMILES string of the molecule is C#Cc1ccccc1/C=C/CN. The number of nitrogens with two attached hydrogens (primary N) is 1. The van der Waals surface area contributed by atoms with Gasteiger partial charge in [-0.05, 0) is 11.6 Å². The Balaban J connectivity index is 2.99. The summed E-state index contributed by atoms with van der Waals surface area (Å²) in [6, 6.07) is 7.77. The van der Waals surface area contributed by atoms with Crippen LogP contribution in [-0.4, -0.2) is 6.54 Å². The fraction of sp³-hybridized carbons (Fsp3) is 0.0909. The highest BCUT2D eigenvalue weighted by molar-refractivity contribution is 5.58. The Kier molecular flexibility index (Phi) is 3.13. The van der Waals surface area contributed by atoms with Crippen LogP contribution in [0.15, 0.2) is 30.3 Å². The molecule has 1 nitrogen and oxygen atoms in total. The van der Waals surface area contributed by atoms with Gasteiger partial charge in [0.25, 0.3) is 0 Å². The molecular weight excluding hydrogens is 146 g/mol. The first-order valence-corrected chi connectivity index (χ1v) is 3.80. The van der Waals surface area contributed by atoms with Gasteiger partial charge in [-0.15, -0.1) is 6.42 Å². The molecule has 0 atom stereocenters. The van der Waals surface area contributed by atoms with Crippen molar-refractivity contribution in [3.8, 4) is 12.3 Å². The van der Waals surface area contributed by atoms with Crippen LogP contribution in [0.4, 0.5) is 0 Å². The third kappa shape index (κ3) is 1.98. The summed E-state index contributed by atoms with van der Waals surface area (Å²) >= 11 is 0. The van der Waals surface area contributed by atoms with E-state index in [9.17, 15) is 0 Å². The van der Waals surface area contributed by atoms with Crippen LogP contribution in [0.3, 0.4) is 0 Å². The second-order valence-electron chi connectivity index (χ2n) is 2.37. The fourth-order valence-electron chi connectivity index (χ4n) is 0.969. The van der Waals surface area contributed by atoms with Crippen LogP contribution in [0.25, 0.3) is 6.08 Å². The second kappa shape index (κ2) is 4.38. The lowest BCUT2D eigenvalue weighted by Crippen LogP contribution is -1.92. The average Bonchev–Trinajstić information content (AvgIpc) is 2.15. The van der Waals surface area contributed by atoms with E-state index < -0.39 is 0 Å². The molecule has 0 spiro atoms. The molecule has 0 bridgehead atoms. The normalized spacial score (nSPS) is 10.0. The van der Waals surface area contributed by atoms with Crippen LogP contribution in [0.5, 0.6) is 0 Å². The van der Waals surface area contributed by atoms with E-state index in [2.05, 4.69) is 5.92 Å². The predicted molar refractivity (Wildman–Crippen MR) is 52.5 cm³/mol. The molecule has 1 aromatic rings. The molecule has 0 saturated carbocycles. The predicted octanol–water partition coefficient (Wildman–Crippen LogP) is 1.64. The Morgan fingerprint density at radius 1 is 1.42 bits per heavy atom. The molecular formula is C11H11N. The zero-order valence-electron chi connectivity index (χ0n) is 6.83. The van der Waals surface area contributed by atoms with Crippen LogP contribution in [-0.2, 0) is 0 Å². The molecule has 1 heteroatoms. The Labute approximate surface area is 72.9 Å². The van der Waals surface area contributed by atoms with Crippen molar-refractivity contribution in [3.05, 3.63) is 41.5 Å². The van der Waals surface area contributed by atoms with E-state index in [1.54, 1.807) is 0 Å². The molecule has 1 rings (SSSR count). The highest BCUT2D eigenvalue weighted by atomic mass is 14.5. The van der Waals surface area contributed by atoms with Crippen molar-refractivity contribution in [1.29, 1.82) is 0 Å². The third-order valence-electron chi connectivity index (χ3n) is 1.55. The quantitative estimate of drug-likeness (QED) is 0.649. The van der Waals surface area contributed by atoms with Crippen LogP contribution in [0.1, 0.15) is 11.1 Å². The molecule has 0 aromatic heterocycles. The molecule has 0 aliphatic heterocycles. The van der Waals surface area contributed by atoms with Gasteiger partial charge < -0.3 is 5.73 Å². The molecule has 0 saturated heterocycles. The maximum atomic E-state index is 5.33. The summed E-state index contributed by atoms with van der Waals surface area (Å²) in [7, 11) is 0. The molecule has 0 heterocycles. The lowest BCUT2D eigenvalue weighted by molar-refractivity contribution is 1.26. The van der Waals surface area contributed by atoms with Crippen LogP contribution >= 0.6 is 0 Å². The van der Waals surface area contributed by atoms with E-state index in [1.807, 2.05) is 36.4 Å². The number of rotatable bonds is 2. The Bertz CT molecular complexity index is 318. The van der Waals surface area contributed by atoms with Crippen molar-refractivity contribution in [3.63, 3.8) is 0 Å². The average molecular weight is 157 g/mol. The highest BCUT2D eigenvalue weighted by Gasteiger charge is 1.91. The van der Waals surface area contributed by atoms with E-state index in [-0.39, 0.29) is 0 Å². The van der Waals surface area contributed by atoms with Crippen molar-refractivity contribution in [2.45, 2.75) is 0 Å². The molecule has 0 fully saturated rings. The zero-order chi connectivity index (χ0) is 8.81. The van der Waals surface area contributed by atoms with Gasteiger partial charge in [-0.2, -0.15) is 0 Å². The summed E-state index contributed by atoms with van der Waals surface area (Å²) in [5.74, 6) is 2.61. The van der Waals surface area contributed by atoms with E-state index >= 15 is 0 Å². The monoisotopic (exact) mass is 157 g/mol. The van der Waals surface area contributed by atoms with Crippen LogP contribution < -0.4 is 5.73 Å². The van der Waals surface area contributed by atoms with Crippen LogP contribution in [0, 0.1) is 12.3 Å². The van der Waals surface area contributed by atoms with E-state index in [4.69, 9.17) is 12.2 Å². The van der Waals surface area contributed by atoms with Crippen molar-refractivity contribution in [1.82, 2.24) is 0 Å². The van der Waals surface area contributed by atoms with E-state index in [0.29, 0.717) is 6.54 Å². The summed E-state index contributed by atoms with van der Waals surface area (Å²) in [5, 5.41) is 0. The van der Waals surface area contributed by atoms with Gasteiger partial charge in [-0.25, -0.2) is 0 Å². The first-order chi connectivity index (χ1) is 5.88. The van der Waals surface area contributed by atoms with Gasteiger partial charge in [0.15, 0.2) is 0 Å². The molecule has 60 valence electrons. The lowest BCUT2D eigenvalue weighted by atomic mass is 10.1. The smallest absolute Gasteiger partial charge is 0.0314 e. The van der Waals surface area contributed by atoms with E-state index in [1.165, 1.54) is 0 Å². The summed E-state index contributed by atoms with van der Waals surface area (Å²) in [6.07, 6.45) is 9.13. The van der Waals surface area contributed by atoms with Gasteiger partial charge in [0.1, 0.15) is 0 Å². The number of hydrogen-bond acceptors (Lipinski definition) is 1. The Morgan fingerprint density at radius 3 is 2.83 bits per heavy atom. The van der Waals surface area contributed by atoms with E-state index in [0.717, 1.165) is 11.1 Å². The largest absolute Gasteiger partial charge is 0.327 e. The van der Waals surface area contributed by atoms with Gasteiger partial charge in [0.05, 0.1) is 0 Å². The minimum Gasteiger partial charge on any atom is -0.327 e. The van der Waals surface area contributed by atoms with Gasteiger partial charge >= 0.3 is 0 Å². The molecule has 1 aromatic carbocycles. The summed E-state index contributed by atoms with van der Waals surface area (Å²) in [6.45, 7) is 0.541. The Morgan fingerprint density at radius 2 is 2.17 bits per heavy atom. The van der Waals surface area contributed by atoms with Crippen molar-refractivity contribution < 1.29 is 0 Å². The second-order valence-corrected chi connectivity index (χ2v) is 2.37. The number of hydrogen-bond donors (Lipinski definition) is 1. The molecule has 12 heavy (non-hydrogen) atoms. The molecule has 0 amide bonds. The van der Waals surface area contributed by atoms with Crippen molar-refractivity contribution in [2.75, 3.05) is 6.54 Å². The summed E-state index contributed by atoms with van der Waals surface area (Å²) < 4.78 is 0. The third-order valence-corrected chi connectivity index (χ3v) is 1.55. The highest BCUT2D eigenvalue weighted by Crippen LogP contribution is 2.08. The molecule has 0 radical (unpaired) electrons. The standard InChI is InChI=1S/C11H11N/c1-2-10-6-3-4-7-11(10)8-5-9-12/h1,3-8H,9,12H2/b8-5+. The minimum absolute atomic E-state index is 0.541. The van der Waals surface area contributed by atoms with Crippen LogP contribution in [0.2, 0.25) is 0 Å².